The van der Waals surface area contributed by atoms with Crippen molar-refractivity contribution in [2.75, 3.05) is 19.7 Å². The second kappa shape index (κ2) is 62.2. The summed E-state index contributed by atoms with van der Waals surface area (Å²) in [6.45, 7) is 11.3. The Labute approximate surface area is 454 Å². The predicted molar refractivity (Wildman–Crippen MR) is 321 cm³/mol. The van der Waals surface area contributed by atoms with Crippen LogP contribution in [0.1, 0.15) is 387 Å². The van der Waals surface area contributed by atoms with Crippen molar-refractivity contribution in [1.29, 1.82) is 0 Å². The molecule has 0 aliphatic carbocycles. The van der Waals surface area contributed by atoms with Crippen molar-refractivity contribution < 1.29 is 14.3 Å². The zero-order valence-corrected chi connectivity index (χ0v) is 50.1. The number of hydrogen-bond acceptors (Lipinski definition) is 3. The molecule has 0 heterocycles. The number of esters is 1. The lowest BCUT2D eigenvalue weighted by Crippen LogP contribution is -2.38. The molecule has 1 atom stereocenters. The quantitative estimate of drug-likeness (QED) is 0.0346. The van der Waals surface area contributed by atoms with Crippen LogP contribution in [0.25, 0.3) is 0 Å². The maximum atomic E-state index is 14.2. The minimum absolute atomic E-state index is 0.158. The summed E-state index contributed by atoms with van der Waals surface area (Å²) in [4.78, 5) is 29.5. The van der Waals surface area contributed by atoms with Crippen molar-refractivity contribution in [2.24, 2.45) is 5.92 Å². The molecule has 0 aromatic heterocycles. The molecule has 0 bridgehead atoms. The molecule has 0 spiro atoms. The number of hydrogen-bond donors (Lipinski definition) is 0. The molecule has 1 unspecified atom stereocenters. The van der Waals surface area contributed by atoms with Crippen LogP contribution in [0.5, 0.6) is 0 Å². The van der Waals surface area contributed by atoms with Gasteiger partial charge in [0.2, 0.25) is 5.91 Å². The monoisotopic (exact) mass is 1010 g/mol. The zero-order chi connectivity index (χ0) is 52.2. The maximum absolute atomic E-state index is 14.2. The summed E-state index contributed by atoms with van der Waals surface area (Å²) < 4.78 is 5.75. The number of ether oxygens (including phenoxy) is 1. The Balaban J connectivity index is 4.07. The summed E-state index contributed by atoms with van der Waals surface area (Å²) in [6.07, 6.45) is 78.3. The van der Waals surface area contributed by atoms with E-state index in [4.69, 9.17) is 4.74 Å². The second-order valence-corrected chi connectivity index (χ2v) is 23.3. The maximum Gasteiger partial charge on any atom is 0.306 e. The molecule has 0 aromatic rings. The Morgan fingerprint density at radius 2 is 0.569 bits per heavy atom. The molecule has 0 aromatic carbocycles. The number of carbonyl (C=O) groups is 2. The first-order valence-corrected chi connectivity index (χ1v) is 33.7. The summed E-state index contributed by atoms with van der Waals surface area (Å²) in [5.41, 5.74) is 0. The van der Waals surface area contributed by atoms with Crippen molar-refractivity contribution in [2.45, 2.75) is 387 Å². The average Bonchev–Trinajstić information content (AvgIpc) is 3.38. The van der Waals surface area contributed by atoms with Gasteiger partial charge < -0.3 is 9.64 Å². The average molecular weight is 1010 g/mol. The molecule has 0 saturated heterocycles. The van der Waals surface area contributed by atoms with Crippen LogP contribution >= 0.6 is 0 Å². The van der Waals surface area contributed by atoms with Gasteiger partial charge in [0.25, 0.3) is 0 Å². The van der Waals surface area contributed by atoms with Crippen LogP contribution in [0.2, 0.25) is 0 Å². The van der Waals surface area contributed by atoms with Gasteiger partial charge in [0, 0.05) is 19.0 Å². The summed E-state index contributed by atoms with van der Waals surface area (Å²) in [5.74, 6) is -0.161. The molecule has 0 saturated carbocycles. The molecule has 1 amide bonds. The fraction of sp³-hybridized carbons (Fsp3) is 0.941. The number of nitrogens with zero attached hydrogens (tertiary/aromatic N) is 1. The molecular formula is C68H133NO3. The van der Waals surface area contributed by atoms with E-state index in [2.05, 4.69) is 44.7 Å². The Bertz CT molecular complexity index is 1060. The lowest BCUT2D eigenvalue weighted by molar-refractivity contribution is -0.149. The minimum Gasteiger partial charge on any atom is -0.466 e. The van der Waals surface area contributed by atoms with Crippen molar-refractivity contribution in [3.63, 3.8) is 0 Å². The molecule has 4 nitrogen and oxygen atoms in total. The molecule has 428 valence electrons. The van der Waals surface area contributed by atoms with Gasteiger partial charge in [-0.3, -0.25) is 9.59 Å². The standard InChI is InChI=1S/C68H133NO3/c1-5-9-13-17-21-22-23-24-25-26-27-28-29-30-31-32-33-34-35-36-37-38-39-40-41-42-43-44-45-46-47-48-49-50-51-52-53-57-61-66(65-67(70)72-64-60-56-20-16-12-8-4)68(71)69(62-58-54-18-14-10-6-2)63-59-55-19-15-11-7-3/h41-42,66H,5-40,43-65H2,1-4H3/b42-41+. The molecule has 4 heteroatoms. The first-order valence-electron chi connectivity index (χ1n) is 33.7. The second-order valence-electron chi connectivity index (χ2n) is 23.3. The number of rotatable bonds is 62. The third-order valence-corrected chi connectivity index (χ3v) is 16.0. The molecule has 0 rings (SSSR count). The first-order chi connectivity index (χ1) is 35.6. The van der Waals surface area contributed by atoms with E-state index in [0.717, 1.165) is 51.6 Å². The van der Waals surface area contributed by atoms with E-state index in [1.54, 1.807) is 0 Å². The molecule has 72 heavy (non-hydrogen) atoms. The van der Waals surface area contributed by atoms with E-state index in [1.165, 1.54) is 315 Å². The molecular weight excluding hydrogens is 879 g/mol. The highest BCUT2D eigenvalue weighted by atomic mass is 16.5. The van der Waals surface area contributed by atoms with Crippen molar-refractivity contribution in [3.8, 4) is 0 Å². The fourth-order valence-electron chi connectivity index (χ4n) is 10.9. The Kier molecular flexibility index (Phi) is 61.1. The van der Waals surface area contributed by atoms with Gasteiger partial charge in [0.15, 0.2) is 0 Å². The highest BCUT2D eigenvalue weighted by molar-refractivity contribution is 5.83. The van der Waals surface area contributed by atoms with Gasteiger partial charge in [-0.15, -0.1) is 0 Å². The summed E-state index contributed by atoms with van der Waals surface area (Å²) in [6, 6.07) is 0. The van der Waals surface area contributed by atoms with E-state index in [0.29, 0.717) is 6.61 Å². The van der Waals surface area contributed by atoms with Crippen LogP contribution in [0.4, 0.5) is 0 Å². The van der Waals surface area contributed by atoms with Gasteiger partial charge >= 0.3 is 5.97 Å². The van der Waals surface area contributed by atoms with Gasteiger partial charge in [-0.2, -0.15) is 0 Å². The van der Waals surface area contributed by atoms with E-state index in [-0.39, 0.29) is 24.2 Å². The van der Waals surface area contributed by atoms with Crippen LogP contribution < -0.4 is 0 Å². The molecule has 0 aliphatic rings. The third kappa shape index (κ3) is 54.9. The molecule has 0 fully saturated rings. The molecule has 0 N–H and O–H groups in total. The van der Waals surface area contributed by atoms with Gasteiger partial charge in [0.1, 0.15) is 0 Å². The van der Waals surface area contributed by atoms with Gasteiger partial charge in [-0.05, 0) is 51.4 Å². The Morgan fingerprint density at radius 3 is 0.875 bits per heavy atom. The van der Waals surface area contributed by atoms with E-state index in [9.17, 15) is 9.59 Å². The van der Waals surface area contributed by atoms with Gasteiger partial charge in [-0.25, -0.2) is 0 Å². The van der Waals surface area contributed by atoms with Crippen molar-refractivity contribution in [1.82, 2.24) is 4.90 Å². The third-order valence-electron chi connectivity index (χ3n) is 16.0. The molecule has 0 aliphatic heterocycles. The van der Waals surface area contributed by atoms with E-state index >= 15 is 0 Å². The van der Waals surface area contributed by atoms with Crippen LogP contribution in [0.3, 0.4) is 0 Å². The summed E-state index contributed by atoms with van der Waals surface area (Å²) in [5, 5.41) is 0. The Morgan fingerprint density at radius 1 is 0.319 bits per heavy atom. The predicted octanol–water partition coefficient (Wildman–Crippen LogP) is 23.5. The SMILES string of the molecule is CCCCCCCCCCCCCCCCCCCCCCCCC/C=C/CCCCCCCCCCCCCC(CC(=O)OCCCCCCCC)C(=O)N(CCCCCCCC)CCCCCCCC. The zero-order valence-electron chi connectivity index (χ0n) is 50.1. The van der Waals surface area contributed by atoms with E-state index in [1.807, 2.05) is 0 Å². The summed E-state index contributed by atoms with van der Waals surface area (Å²) in [7, 11) is 0. The number of carbonyl (C=O) groups excluding carboxylic acids is 2. The first kappa shape index (κ1) is 70.7. The van der Waals surface area contributed by atoms with Gasteiger partial charge in [0.05, 0.1) is 13.0 Å². The highest BCUT2D eigenvalue weighted by Gasteiger charge is 2.27. The van der Waals surface area contributed by atoms with Crippen LogP contribution in [-0.4, -0.2) is 36.5 Å². The lowest BCUT2D eigenvalue weighted by Gasteiger charge is -2.27. The van der Waals surface area contributed by atoms with Crippen molar-refractivity contribution >= 4 is 11.9 Å². The smallest absolute Gasteiger partial charge is 0.306 e. The van der Waals surface area contributed by atoms with Crippen LogP contribution in [0, 0.1) is 5.92 Å². The largest absolute Gasteiger partial charge is 0.466 e. The van der Waals surface area contributed by atoms with Crippen LogP contribution in [0.15, 0.2) is 12.2 Å². The van der Waals surface area contributed by atoms with E-state index < -0.39 is 0 Å². The minimum atomic E-state index is -0.231. The van der Waals surface area contributed by atoms with Crippen LogP contribution in [-0.2, 0) is 14.3 Å². The fourth-order valence-corrected chi connectivity index (χ4v) is 10.9. The van der Waals surface area contributed by atoms with Gasteiger partial charge in [-0.1, -0.05) is 342 Å². The number of allylic oxidation sites excluding steroid dienone is 2. The lowest BCUT2D eigenvalue weighted by atomic mass is 9.95. The van der Waals surface area contributed by atoms with Crippen molar-refractivity contribution in [3.05, 3.63) is 12.2 Å². The number of unbranched alkanes of at least 4 members (excludes halogenated alkanes) is 49. The molecule has 0 radical (unpaired) electrons. The number of amides is 1. The highest BCUT2D eigenvalue weighted by Crippen LogP contribution is 2.22. The topological polar surface area (TPSA) is 46.6 Å². The Hall–Kier alpha value is -1.32. The normalized spacial score (nSPS) is 12.1. The summed E-state index contributed by atoms with van der Waals surface area (Å²) >= 11 is 0.